The summed E-state index contributed by atoms with van der Waals surface area (Å²) in [4.78, 5) is 0. The smallest absolute Gasteiger partial charge is 0.213 e. The molecule has 9 heteroatoms. The standard InChI is InChI=1S/C13H23N3O4S2/c1-15-10-13(9-14-15)3-6-16(2)22(19,20)8-5-12-4-7-21(17,18)11-12/h9-10,12H,3-8,11H2,1-2H3. The number of aryl methyl sites for hydroxylation is 1. The Kier molecular flexibility index (Phi) is 5.29. The summed E-state index contributed by atoms with van der Waals surface area (Å²) in [6.07, 6.45) is 5.20. The van der Waals surface area contributed by atoms with E-state index in [0.29, 0.717) is 25.8 Å². The van der Waals surface area contributed by atoms with Crippen molar-refractivity contribution in [2.45, 2.75) is 19.3 Å². The van der Waals surface area contributed by atoms with Crippen LogP contribution in [0.1, 0.15) is 18.4 Å². The lowest BCUT2D eigenvalue weighted by molar-refractivity contribution is 0.463. The molecule has 2 heterocycles. The summed E-state index contributed by atoms with van der Waals surface area (Å²) in [5.41, 5.74) is 0.992. The Labute approximate surface area is 132 Å². The molecule has 1 aromatic rings. The summed E-state index contributed by atoms with van der Waals surface area (Å²) in [5.74, 6) is 0.305. The molecule has 22 heavy (non-hydrogen) atoms. The molecule has 1 fully saturated rings. The molecule has 0 bridgehead atoms. The molecule has 126 valence electrons. The van der Waals surface area contributed by atoms with Crippen LogP contribution in [0.4, 0.5) is 0 Å². The predicted octanol–water partition coefficient (Wildman–Crippen LogP) is 0.0490. The number of nitrogens with zero attached hydrogens (tertiary/aromatic N) is 3. The molecule has 1 aliphatic heterocycles. The topological polar surface area (TPSA) is 89.3 Å². The lowest BCUT2D eigenvalue weighted by atomic mass is 10.1. The summed E-state index contributed by atoms with van der Waals surface area (Å²) in [6.45, 7) is 0.400. The molecule has 0 aromatic carbocycles. The van der Waals surface area contributed by atoms with Crippen molar-refractivity contribution in [1.29, 1.82) is 0 Å². The highest BCUT2D eigenvalue weighted by Crippen LogP contribution is 2.22. The van der Waals surface area contributed by atoms with E-state index in [2.05, 4.69) is 5.10 Å². The summed E-state index contributed by atoms with van der Waals surface area (Å²) in [6, 6.07) is 0. The first-order chi connectivity index (χ1) is 10.2. The highest BCUT2D eigenvalue weighted by Gasteiger charge is 2.29. The Morgan fingerprint density at radius 2 is 2.18 bits per heavy atom. The molecule has 1 unspecified atom stereocenters. The molecular formula is C13H23N3O4S2. The second kappa shape index (κ2) is 6.67. The van der Waals surface area contributed by atoms with Gasteiger partial charge in [-0.25, -0.2) is 21.1 Å². The van der Waals surface area contributed by atoms with Crippen LogP contribution in [-0.2, 0) is 33.3 Å². The number of rotatable bonds is 7. The average Bonchev–Trinajstić information content (AvgIpc) is 2.99. The van der Waals surface area contributed by atoms with Crippen LogP contribution in [0.2, 0.25) is 0 Å². The van der Waals surface area contributed by atoms with Crippen molar-refractivity contribution in [3.05, 3.63) is 18.0 Å². The van der Waals surface area contributed by atoms with Crippen molar-refractivity contribution >= 4 is 19.9 Å². The van der Waals surface area contributed by atoms with E-state index in [1.807, 2.05) is 13.2 Å². The third-order valence-electron chi connectivity index (χ3n) is 4.06. The van der Waals surface area contributed by atoms with Gasteiger partial charge >= 0.3 is 0 Å². The SMILES string of the molecule is CN(CCc1cnn(C)c1)S(=O)(=O)CCC1CCS(=O)(=O)C1. The first kappa shape index (κ1) is 17.4. The highest BCUT2D eigenvalue weighted by molar-refractivity contribution is 7.91. The fraction of sp³-hybridized carbons (Fsp3) is 0.769. The van der Waals surface area contributed by atoms with E-state index in [0.717, 1.165) is 5.56 Å². The first-order valence-electron chi connectivity index (χ1n) is 7.30. The molecule has 7 nitrogen and oxygen atoms in total. The zero-order valence-corrected chi connectivity index (χ0v) is 14.6. The molecule has 0 N–H and O–H groups in total. The lowest BCUT2D eigenvalue weighted by Gasteiger charge is -2.17. The van der Waals surface area contributed by atoms with E-state index in [1.54, 1.807) is 17.9 Å². The van der Waals surface area contributed by atoms with E-state index < -0.39 is 19.9 Å². The van der Waals surface area contributed by atoms with Crippen molar-refractivity contribution in [2.75, 3.05) is 30.9 Å². The molecule has 1 aliphatic rings. The molecule has 1 saturated heterocycles. The minimum Gasteiger partial charge on any atom is -0.276 e. The van der Waals surface area contributed by atoms with Crippen LogP contribution in [0.3, 0.4) is 0 Å². The third-order valence-corrected chi connectivity index (χ3v) is 7.78. The van der Waals surface area contributed by atoms with Gasteiger partial charge in [-0.05, 0) is 30.7 Å². The third kappa shape index (κ3) is 4.79. The Bertz CT molecular complexity index is 709. The number of hydrogen-bond acceptors (Lipinski definition) is 5. The van der Waals surface area contributed by atoms with Crippen LogP contribution in [0, 0.1) is 5.92 Å². The summed E-state index contributed by atoms with van der Waals surface area (Å²) >= 11 is 0. The molecule has 0 radical (unpaired) electrons. The maximum Gasteiger partial charge on any atom is 0.213 e. The van der Waals surface area contributed by atoms with Crippen molar-refractivity contribution in [3.8, 4) is 0 Å². The quantitative estimate of drug-likeness (QED) is 0.694. The fourth-order valence-electron chi connectivity index (χ4n) is 2.60. The number of likely N-dealkylation sites (N-methyl/N-ethyl adjacent to an activating group) is 1. The van der Waals surface area contributed by atoms with Gasteiger partial charge in [0.05, 0.1) is 23.5 Å². The van der Waals surface area contributed by atoms with Gasteiger partial charge in [0.2, 0.25) is 10.0 Å². The Morgan fingerprint density at radius 3 is 2.73 bits per heavy atom. The predicted molar refractivity (Wildman–Crippen MR) is 84.7 cm³/mol. The van der Waals surface area contributed by atoms with Gasteiger partial charge in [0, 0.05) is 26.8 Å². The molecule has 0 saturated carbocycles. The van der Waals surface area contributed by atoms with E-state index in [1.165, 1.54) is 4.31 Å². The van der Waals surface area contributed by atoms with Crippen molar-refractivity contribution in [1.82, 2.24) is 14.1 Å². The van der Waals surface area contributed by atoms with Crippen LogP contribution in [0.5, 0.6) is 0 Å². The lowest BCUT2D eigenvalue weighted by Crippen LogP contribution is -2.31. The molecule has 1 aromatic heterocycles. The van der Waals surface area contributed by atoms with Gasteiger partial charge in [0.1, 0.15) is 0 Å². The van der Waals surface area contributed by atoms with E-state index in [-0.39, 0.29) is 23.2 Å². The Morgan fingerprint density at radius 1 is 1.45 bits per heavy atom. The minimum absolute atomic E-state index is 0.0106. The van der Waals surface area contributed by atoms with Crippen molar-refractivity contribution in [2.24, 2.45) is 13.0 Å². The number of sulfonamides is 1. The van der Waals surface area contributed by atoms with Crippen molar-refractivity contribution < 1.29 is 16.8 Å². The molecule has 0 aliphatic carbocycles. The second-order valence-corrected chi connectivity index (χ2v) is 10.4. The maximum atomic E-state index is 12.2. The highest BCUT2D eigenvalue weighted by atomic mass is 32.2. The first-order valence-corrected chi connectivity index (χ1v) is 10.7. The number of hydrogen-bond donors (Lipinski definition) is 0. The Hall–Kier alpha value is -0.930. The van der Waals surface area contributed by atoms with Crippen LogP contribution in [-0.4, -0.2) is 61.8 Å². The minimum atomic E-state index is -3.34. The zero-order chi connectivity index (χ0) is 16.4. The molecule has 1 atom stereocenters. The van der Waals surface area contributed by atoms with Gasteiger partial charge < -0.3 is 0 Å². The fourth-order valence-corrected chi connectivity index (χ4v) is 5.82. The number of aromatic nitrogens is 2. The second-order valence-electron chi connectivity index (χ2n) is 5.97. The van der Waals surface area contributed by atoms with Gasteiger partial charge in [0.15, 0.2) is 9.84 Å². The molecule has 0 spiro atoms. The molecule has 2 rings (SSSR count). The average molecular weight is 349 g/mol. The van der Waals surface area contributed by atoms with Gasteiger partial charge in [0.25, 0.3) is 0 Å². The molecule has 0 amide bonds. The maximum absolute atomic E-state index is 12.2. The van der Waals surface area contributed by atoms with Crippen LogP contribution in [0.15, 0.2) is 12.4 Å². The van der Waals surface area contributed by atoms with Crippen molar-refractivity contribution in [3.63, 3.8) is 0 Å². The molecular weight excluding hydrogens is 326 g/mol. The number of sulfone groups is 1. The van der Waals surface area contributed by atoms with Gasteiger partial charge in [-0.3, -0.25) is 4.68 Å². The van der Waals surface area contributed by atoms with Gasteiger partial charge in [-0.1, -0.05) is 0 Å². The summed E-state index contributed by atoms with van der Waals surface area (Å²) in [7, 11) is -2.90. The van der Waals surface area contributed by atoms with Crippen LogP contribution >= 0.6 is 0 Å². The largest absolute Gasteiger partial charge is 0.276 e. The Balaban J connectivity index is 1.81. The van der Waals surface area contributed by atoms with E-state index in [4.69, 9.17) is 0 Å². The van der Waals surface area contributed by atoms with Crippen LogP contribution in [0.25, 0.3) is 0 Å². The summed E-state index contributed by atoms with van der Waals surface area (Å²) in [5, 5.41) is 4.05. The van der Waals surface area contributed by atoms with E-state index >= 15 is 0 Å². The zero-order valence-electron chi connectivity index (χ0n) is 13.0. The van der Waals surface area contributed by atoms with E-state index in [9.17, 15) is 16.8 Å². The van der Waals surface area contributed by atoms with Gasteiger partial charge in [-0.2, -0.15) is 5.10 Å². The van der Waals surface area contributed by atoms with Crippen LogP contribution < -0.4 is 0 Å². The monoisotopic (exact) mass is 349 g/mol. The van der Waals surface area contributed by atoms with Gasteiger partial charge in [-0.15, -0.1) is 0 Å². The normalized spacial score (nSPS) is 21.5. The summed E-state index contributed by atoms with van der Waals surface area (Å²) < 4.78 is 50.3.